The molecule has 4 nitrogen and oxygen atoms in total. The number of nitrogens with zero attached hydrogens (tertiary/aromatic N) is 2. The predicted octanol–water partition coefficient (Wildman–Crippen LogP) is 1.98. The molecule has 1 rings (SSSR count). The molecule has 0 amide bonds. The summed E-state index contributed by atoms with van der Waals surface area (Å²) in [6.07, 6.45) is -4.84. The van der Waals surface area contributed by atoms with Crippen molar-refractivity contribution in [2.24, 2.45) is 0 Å². The number of carboxylic acids is 1. The third-order valence-electron chi connectivity index (χ3n) is 1.80. The molecule has 1 aromatic rings. The Labute approximate surface area is 88.0 Å². The maximum Gasteiger partial charge on any atom is 0.434 e. The number of halogens is 3. The molecule has 0 fully saturated rings. The zero-order valence-corrected chi connectivity index (χ0v) is 7.96. The molecular formula is C9H5F3N2O2. The molecule has 0 saturated carbocycles. The van der Waals surface area contributed by atoms with Crippen molar-refractivity contribution in [3.63, 3.8) is 0 Å². The molecule has 7 heteroatoms. The number of pyridine rings is 1. The highest BCUT2D eigenvalue weighted by Gasteiger charge is 2.37. The fourth-order valence-electron chi connectivity index (χ4n) is 1.13. The summed E-state index contributed by atoms with van der Waals surface area (Å²) in [5.41, 5.74) is -2.85. The first-order valence-corrected chi connectivity index (χ1v) is 3.99. The van der Waals surface area contributed by atoms with Crippen molar-refractivity contribution in [3.8, 4) is 6.07 Å². The topological polar surface area (TPSA) is 74.0 Å². The number of aromatic nitrogens is 1. The van der Waals surface area contributed by atoms with Crippen LogP contribution < -0.4 is 0 Å². The molecule has 0 saturated heterocycles. The average molecular weight is 230 g/mol. The van der Waals surface area contributed by atoms with E-state index in [9.17, 15) is 18.0 Å². The van der Waals surface area contributed by atoms with Crippen LogP contribution in [0.1, 0.15) is 27.3 Å². The number of alkyl halides is 3. The second-order valence-electron chi connectivity index (χ2n) is 2.96. The third-order valence-corrected chi connectivity index (χ3v) is 1.80. The van der Waals surface area contributed by atoms with E-state index in [1.54, 1.807) is 0 Å². The van der Waals surface area contributed by atoms with Gasteiger partial charge in [0, 0.05) is 0 Å². The van der Waals surface area contributed by atoms with E-state index < -0.39 is 29.1 Å². The molecule has 84 valence electrons. The quantitative estimate of drug-likeness (QED) is 0.800. The maximum atomic E-state index is 12.4. The van der Waals surface area contributed by atoms with E-state index in [-0.39, 0.29) is 5.56 Å². The smallest absolute Gasteiger partial charge is 0.434 e. The van der Waals surface area contributed by atoms with Crippen LogP contribution in [0.4, 0.5) is 13.2 Å². The monoisotopic (exact) mass is 230 g/mol. The Hall–Kier alpha value is -2.10. The molecule has 1 heterocycles. The van der Waals surface area contributed by atoms with Crippen LogP contribution in [0.25, 0.3) is 0 Å². The number of rotatable bonds is 1. The number of nitriles is 1. The van der Waals surface area contributed by atoms with Crippen LogP contribution in [-0.4, -0.2) is 16.1 Å². The zero-order chi connectivity index (χ0) is 12.5. The Bertz CT molecular complexity index is 489. The highest BCUT2D eigenvalue weighted by molar-refractivity contribution is 5.87. The van der Waals surface area contributed by atoms with E-state index in [2.05, 4.69) is 4.98 Å². The SMILES string of the molecule is Cc1cc(C#N)c(C(F)(F)F)nc1C(=O)O. The van der Waals surface area contributed by atoms with Crippen LogP contribution in [0, 0.1) is 18.3 Å². The van der Waals surface area contributed by atoms with Crippen LogP contribution in [0.3, 0.4) is 0 Å². The molecule has 0 aromatic carbocycles. The lowest BCUT2D eigenvalue weighted by Crippen LogP contribution is -2.15. The second kappa shape index (κ2) is 3.81. The minimum Gasteiger partial charge on any atom is -0.477 e. The molecule has 0 radical (unpaired) electrons. The Morgan fingerprint density at radius 2 is 2.12 bits per heavy atom. The fraction of sp³-hybridized carbons (Fsp3) is 0.222. The Kier molecular flexibility index (Phi) is 2.85. The summed E-state index contributed by atoms with van der Waals surface area (Å²) in [5, 5.41) is 17.1. The van der Waals surface area contributed by atoms with Gasteiger partial charge in [0.2, 0.25) is 0 Å². The van der Waals surface area contributed by atoms with Crippen molar-refractivity contribution in [1.29, 1.82) is 5.26 Å². The van der Waals surface area contributed by atoms with Gasteiger partial charge in [-0.15, -0.1) is 0 Å². The predicted molar refractivity (Wildman–Crippen MR) is 45.7 cm³/mol. The Morgan fingerprint density at radius 1 is 1.56 bits per heavy atom. The van der Waals surface area contributed by atoms with Crippen LogP contribution in [-0.2, 0) is 6.18 Å². The summed E-state index contributed by atoms with van der Waals surface area (Å²) in [4.78, 5) is 13.6. The molecule has 0 aliphatic carbocycles. The number of aryl methyl sites for hydroxylation is 1. The van der Waals surface area contributed by atoms with Crippen LogP contribution in [0.5, 0.6) is 0 Å². The molecule has 0 aliphatic heterocycles. The van der Waals surface area contributed by atoms with Gasteiger partial charge >= 0.3 is 12.1 Å². The van der Waals surface area contributed by atoms with Gasteiger partial charge in [0.1, 0.15) is 6.07 Å². The molecule has 1 N–H and O–H groups in total. The normalized spacial score (nSPS) is 10.9. The minimum absolute atomic E-state index is 0.0112. The number of hydrogen-bond donors (Lipinski definition) is 1. The van der Waals surface area contributed by atoms with E-state index in [1.165, 1.54) is 13.0 Å². The summed E-state index contributed by atoms with van der Waals surface area (Å²) >= 11 is 0. The lowest BCUT2D eigenvalue weighted by molar-refractivity contribution is -0.141. The van der Waals surface area contributed by atoms with Gasteiger partial charge in [-0.1, -0.05) is 0 Å². The molecular weight excluding hydrogens is 225 g/mol. The van der Waals surface area contributed by atoms with Crippen molar-refractivity contribution in [3.05, 3.63) is 28.6 Å². The van der Waals surface area contributed by atoms with Gasteiger partial charge in [-0.05, 0) is 18.6 Å². The first-order valence-electron chi connectivity index (χ1n) is 3.99. The van der Waals surface area contributed by atoms with Gasteiger partial charge in [0.25, 0.3) is 0 Å². The summed E-state index contributed by atoms with van der Waals surface area (Å²) in [7, 11) is 0. The zero-order valence-electron chi connectivity index (χ0n) is 7.96. The number of carboxylic acid groups (broad SMARTS) is 1. The second-order valence-corrected chi connectivity index (χ2v) is 2.96. The maximum absolute atomic E-state index is 12.4. The van der Waals surface area contributed by atoms with Crippen LogP contribution in [0.2, 0.25) is 0 Å². The van der Waals surface area contributed by atoms with Gasteiger partial charge in [0.05, 0.1) is 5.56 Å². The van der Waals surface area contributed by atoms with Crippen molar-refractivity contribution in [2.45, 2.75) is 13.1 Å². The molecule has 0 spiro atoms. The highest BCUT2D eigenvalue weighted by Crippen LogP contribution is 2.31. The lowest BCUT2D eigenvalue weighted by Gasteiger charge is -2.09. The van der Waals surface area contributed by atoms with Crippen molar-refractivity contribution >= 4 is 5.97 Å². The van der Waals surface area contributed by atoms with Gasteiger partial charge in [-0.2, -0.15) is 18.4 Å². The van der Waals surface area contributed by atoms with Crippen molar-refractivity contribution < 1.29 is 23.1 Å². The molecule has 0 bridgehead atoms. The molecule has 16 heavy (non-hydrogen) atoms. The fourth-order valence-corrected chi connectivity index (χ4v) is 1.13. The van der Waals surface area contributed by atoms with E-state index in [4.69, 9.17) is 10.4 Å². The first-order chi connectivity index (χ1) is 7.27. The Balaban J connectivity index is 3.55. The summed E-state index contributed by atoms with van der Waals surface area (Å²) in [6, 6.07) is 2.19. The van der Waals surface area contributed by atoms with E-state index in [0.717, 1.165) is 6.07 Å². The standard InChI is InChI=1S/C9H5F3N2O2/c1-4-2-5(3-13)7(9(10,11)12)14-6(4)8(15)16/h2H,1H3,(H,15,16). The number of hydrogen-bond acceptors (Lipinski definition) is 3. The first kappa shape index (κ1) is 12.0. The third kappa shape index (κ3) is 2.11. The van der Waals surface area contributed by atoms with E-state index in [0.29, 0.717) is 0 Å². The van der Waals surface area contributed by atoms with Gasteiger partial charge in [0.15, 0.2) is 11.4 Å². The summed E-state index contributed by atoms with van der Waals surface area (Å²) in [5.74, 6) is -1.56. The van der Waals surface area contributed by atoms with E-state index in [1.807, 2.05) is 0 Å². The lowest BCUT2D eigenvalue weighted by atomic mass is 10.1. The molecule has 1 aromatic heterocycles. The highest BCUT2D eigenvalue weighted by atomic mass is 19.4. The van der Waals surface area contributed by atoms with Crippen LogP contribution in [0.15, 0.2) is 6.07 Å². The van der Waals surface area contributed by atoms with E-state index >= 15 is 0 Å². The molecule has 0 atom stereocenters. The van der Waals surface area contributed by atoms with Gasteiger partial charge in [-0.25, -0.2) is 9.78 Å². The van der Waals surface area contributed by atoms with Gasteiger partial charge < -0.3 is 5.11 Å². The van der Waals surface area contributed by atoms with Gasteiger partial charge in [-0.3, -0.25) is 0 Å². The average Bonchev–Trinajstić information content (AvgIpc) is 2.14. The molecule has 0 unspecified atom stereocenters. The molecule has 0 aliphatic rings. The largest absolute Gasteiger partial charge is 0.477 e. The number of aromatic carboxylic acids is 1. The summed E-state index contributed by atoms with van der Waals surface area (Å²) in [6.45, 7) is 1.28. The number of carbonyl (C=O) groups is 1. The summed E-state index contributed by atoms with van der Waals surface area (Å²) < 4.78 is 37.2. The Morgan fingerprint density at radius 3 is 2.50 bits per heavy atom. The minimum atomic E-state index is -4.84. The van der Waals surface area contributed by atoms with Crippen molar-refractivity contribution in [1.82, 2.24) is 4.98 Å². The van der Waals surface area contributed by atoms with Crippen molar-refractivity contribution in [2.75, 3.05) is 0 Å². The van der Waals surface area contributed by atoms with Crippen LogP contribution >= 0.6 is 0 Å².